The number of hydrogen-bond acceptors (Lipinski definition) is 4. The lowest BCUT2D eigenvalue weighted by Crippen LogP contribution is -2.52. The summed E-state index contributed by atoms with van der Waals surface area (Å²) in [5.41, 5.74) is 1.37. The summed E-state index contributed by atoms with van der Waals surface area (Å²) in [6.07, 6.45) is 3.67. The molecular weight excluding hydrogens is 374 g/mol. The van der Waals surface area contributed by atoms with Crippen molar-refractivity contribution in [1.82, 2.24) is 15.1 Å². The zero-order valence-electron chi connectivity index (χ0n) is 19.1. The Morgan fingerprint density at radius 2 is 1.80 bits per heavy atom. The molecule has 2 heterocycles. The summed E-state index contributed by atoms with van der Waals surface area (Å²) < 4.78 is 0. The largest absolute Gasteiger partial charge is 0.338 e. The molecule has 30 heavy (non-hydrogen) atoms. The van der Waals surface area contributed by atoms with Gasteiger partial charge in [-0.2, -0.15) is 0 Å². The summed E-state index contributed by atoms with van der Waals surface area (Å²) in [7, 11) is 1.80. The quantitative estimate of drug-likeness (QED) is 0.676. The predicted octanol–water partition coefficient (Wildman–Crippen LogP) is 2.99. The number of nitrogens with zero attached hydrogens (tertiary/aromatic N) is 2. The third-order valence-corrected chi connectivity index (χ3v) is 7.25. The van der Waals surface area contributed by atoms with Crippen LogP contribution in [0.5, 0.6) is 0 Å². The molecule has 0 bridgehead atoms. The first-order valence-corrected chi connectivity index (χ1v) is 11.7. The second kappa shape index (κ2) is 10.5. The van der Waals surface area contributed by atoms with Crippen LogP contribution in [-0.4, -0.2) is 66.8 Å². The van der Waals surface area contributed by atoms with Gasteiger partial charge in [-0.1, -0.05) is 44.2 Å². The second-order valence-corrected chi connectivity index (χ2v) is 9.50. The molecule has 166 valence electrons. The number of fused-ring (bicyclic) bond motifs is 1. The standard InChI is InChI=1S/C25H39N3O2/c1-18(2)22(16-24(29)19(3)26-4)25(30)28-15-12-21-11-14-27(17-23(21)28)13-10-20-8-6-5-7-9-20/h5-9,18-19,21-23,26H,10-17H2,1-4H3/t19-,21+,22-,23+/m0/s1. The minimum Gasteiger partial charge on any atom is -0.338 e. The summed E-state index contributed by atoms with van der Waals surface area (Å²) in [6, 6.07) is 10.7. The van der Waals surface area contributed by atoms with Crippen molar-refractivity contribution < 1.29 is 9.59 Å². The molecule has 5 nitrogen and oxygen atoms in total. The Kier molecular flexibility index (Phi) is 8.06. The summed E-state index contributed by atoms with van der Waals surface area (Å²) >= 11 is 0. The molecule has 2 saturated heterocycles. The van der Waals surface area contributed by atoms with Crippen LogP contribution in [0.1, 0.15) is 45.6 Å². The van der Waals surface area contributed by atoms with Crippen LogP contribution in [0.3, 0.4) is 0 Å². The average molecular weight is 414 g/mol. The number of piperidine rings is 1. The van der Waals surface area contributed by atoms with Crippen LogP contribution in [0.15, 0.2) is 30.3 Å². The van der Waals surface area contributed by atoms with Gasteiger partial charge in [-0.15, -0.1) is 0 Å². The van der Waals surface area contributed by atoms with Gasteiger partial charge in [0.05, 0.1) is 6.04 Å². The molecule has 1 aromatic rings. The predicted molar refractivity (Wildman–Crippen MR) is 121 cm³/mol. The van der Waals surface area contributed by atoms with Gasteiger partial charge in [-0.05, 0) is 57.2 Å². The smallest absolute Gasteiger partial charge is 0.226 e. The fourth-order valence-electron chi connectivity index (χ4n) is 4.99. The number of likely N-dealkylation sites (N-methyl/N-ethyl adjacent to an activating group) is 1. The van der Waals surface area contributed by atoms with Crippen molar-refractivity contribution in [1.29, 1.82) is 0 Å². The molecular formula is C25H39N3O2. The molecule has 1 aromatic carbocycles. The first kappa shape index (κ1) is 23.0. The molecule has 0 saturated carbocycles. The first-order chi connectivity index (χ1) is 14.4. The summed E-state index contributed by atoms with van der Waals surface area (Å²) in [6.45, 7) is 10.0. The van der Waals surface area contributed by atoms with Crippen LogP contribution in [0.4, 0.5) is 0 Å². The van der Waals surface area contributed by atoms with Crippen molar-refractivity contribution in [2.75, 3.05) is 33.2 Å². The van der Waals surface area contributed by atoms with Crippen LogP contribution in [0.25, 0.3) is 0 Å². The van der Waals surface area contributed by atoms with E-state index >= 15 is 0 Å². The van der Waals surface area contributed by atoms with Crippen LogP contribution in [0, 0.1) is 17.8 Å². The van der Waals surface area contributed by atoms with Crippen molar-refractivity contribution in [2.24, 2.45) is 17.8 Å². The molecule has 1 amide bonds. The maximum Gasteiger partial charge on any atom is 0.226 e. The number of nitrogens with one attached hydrogen (secondary N) is 1. The molecule has 0 spiro atoms. The highest BCUT2D eigenvalue weighted by Gasteiger charge is 2.43. The van der Waals surface area contributed by atoms with Crippen molar-refractivity contribution in [3.63, 3.8) is 0 Å². The summed E-state index contributed by atoms with van der Waals surface area (Å²) in [5.74, 6) is 0.892. The van der Waals surface area contributed by atoms with Crippen molar-refractivity contribution in [3.05, 3.63) is 35.9 Å². The number of likely N-dealkylation sites (tertiary alicyclic amines) is 2. The van der Waals surface area contributed by atoms with E-state index in [1.807, 2.05) is 6.92 Å². The minimum absolute atomic E-state index is 0.133. The number of benzene rings is 1. The van der Waals surface area contributed by atoms with Crippen LogP contribution in [0.2, 0.25) is 0 Å². The monoisotopic (exact) mass is 413 g/mol. The highest BCUT2D eigenvalue weighted by molar-refractivity contribution is 5.90. The molecule has 0 aromatic heterocycles. The van der Waals surface area contributed by atoms with Crippen LogP contribution in [-0.2, 0) is 16.0 Å². The van der Waals surface area contributed by atoms with Crippen LogP contribution >= 0.6 is 0 Å². The van der Waals surface area contributed by atoms with Crippen molar-refractivity contribution in [3.8, 4) is 0 Å². The van der Waals surface area contributed by atoms with Gasteiger partial charge in [-0.3, -0.25) is 9.59 Å². The molecule has 3 rings (SSSR count). The molecule has 1 N–H and O–H groups in total. The summed E-state index contributed by atoms with van der Waals surface area (Å²) in [4.78, 5) is 30.7. The second-order valence-electron chi connectivity index (χ2n) is 9.50. The average Bonchev–Trinajstić information content (AvgIpc) is 3.18. The third kappa shape index (κ3) is 5.50. The van der Waals surface area contributed by atoms with E-state index in [9.17, 15) is 9.59 Å². The van der Waals surface area contributed by atoms with Gasteiger partial charge in [0, 0.05) is 38.0 Å². The van der Waals surface area contributed by atoms with Gasteiger partial charge >= 0.3 is 0 Å². The molecule has 4 atom stereocenters. The van der Waals surface area contributed by atoms with E-state index in [-0.39, 0.29) is 29.6 Å². The Bertz CT molecular complexity index is 706. The van der Waals surface area contributed by atoms with E-state index in [1.165, 1.54) is 12.0 Å². The number of Topliss-reactive ketones (excluding diaryl/α,β-unsaturated/α-hetero) is 1. The normalized spacial score (nSPS) is 24.0. The van der Waals surface area contributed by atoms with Gasteiger partial charge in [0.25, 0.3) is 0 Å². The van der Waals surface area contributed by atoms with Gasteiger partial charge in [0.15, 0.2) is 0 Å². The molecule has 2 fully saturated rings. The Labute approximate surface area is 182 Å². The lowest BCUT2D eigenvalue weighted by molar-refractivity contribution is -0.141. The zero-order chi connectivity index (χ0) is 21.7. The van der Waals surface area contributed by atoms with Gasteiger partial charge in [0.2, 0.25) is 5.91 Å². The molecule has 5 heteroatoms. The molecule has 2 aliphatic heterocycles. The Balaban J connectivity index is 1.62. The Morgan fingerprint density at radius 1 is 1.10 bits per heavy atom. The highest BCUT2D eigenvalue weighted by atomic mass is 16.2. The Hall–Kier alpha value is -1.72. The van der Waals surface area contributed by atoms with E-state index in [1.54, 1.807) is 7.05 Å². The number of carbonyl (C=O) groups excluding carboxylic acids is 2. The third-order valence-electron chi connectivity index (χ3n) is 7.25. The fourth-order valence-corrected chi connectivity index (χ4v) is 4.99. The highest BCUT2D eigenvalue weighted by Crippen LogP contribution is 2.34. The van der Waals surface area contributed by atoms with Crippen molar-refractivity contribution >= 4 is 11.7 Å². The van der Waals surface area contributed by atoms with Crippen LogP contribution < -0.4 is 5.32 Å². The number of hydrogen-bond donors (Lipinski definition) is 1. The van der Waals surface area contributed by atoms with Gasteiger partial charge in [-0.25, -0.2) is 0 Å². The SMILES string of the molecule is CN[C@@H](C)C(=O)C[C@H](C(=O)N1CC[C@H]2CCN(CCc3ccccc3)C[C@H]21)C(C)C. The lowest BCUT2D eigenvalue weighted by Gasteiger charge is -2.40. The van der Waals surface area contributed by atoms with E-state index in [0.29, 0.717) is 18.4 Å². The number of carbonyl (C=O) groups is 2. The number of ketones is 1. The van der Waals surface area contributed by atoms with E-state index in [0.717, 1.165) is 39.0 Å². The van der Waals surface area contributed by atoms with E-state index < -0.39 is 0 Å². The van der Waals surface area contributed by atoms with E-state index in [4.69, 9.17) is 0 Å². The maximum absolute atomic E-state index is 13.5. The summed E-state index contributed by atoms with van der Waals surface area (Å²) in [5, 5.41) is 3.01. The van der Waals surface area contributed by atoms with Gasteiger partial charge < -0.3 is 15.1 Å². The maximum atomic E-state index is 13.5. The van der Waals surface area contributed by atoms with Crippen molar-refractivity contribution in [2.45, 2.75) is 58.5 Å². The molecule has 0 unspecified atom stereocenters. The van der Waals surface area contributed by atoms with Gasteiger partial charge in [0.1, 0.15) is 5.78 Å². The Morgan fingerprint density at radius 3 is 2.47 bits per heavy atom. The number of rotatable bonds is 9. The molecule has 2 aliphatic rings. The molecule has 0 radical (unpaired) electrons. The van der Waals surface area contributed by atoms with E-state index in [2.05, 4.69) is 59.3 Å². The zero-order valence-corrected chi connectivity index (χ0v) is 19.1. The molecule has 0 aliphatic carbocycles. The topological polar surface area (TPSA) is 52.7 Å². The lowest BCUT2D eigenvalue weighted by atomic mass is 9.86. The minimum atomic E-state index is -0.216. The number of amides is 1. The fraction of sp³-hybridized carbons (Fsp3) is 0.680. The first-order valence-electron chi connectivity index (χ1n) is 11.7.